The van der Waals surface area contributed by atoms with Crippen LogP contribution in [0.15, 0.2) is 0 Å². The predicted molar refractivity (Wildman–Crippen MR) is 74.6 cm³/mol. The summed E-state index contributed by atoms with van der Waals surface area (Å²) >= 11 is 1.69. The van der Waals surface area contributed by atoms with Crippen LogP contribution in [0.4, 0.5) is 5.82 Å². The SMILES string of the molecule is CCc1nnc(NCCSC)c(C(=O)O)c1CC. The molecule has 100 valence electrons. The molecule has 1 aromatic heterocycles. The highest BCUT2D eigenvalue weighted by Gasteiger charge is 2.19. The molecule has 0 bridgehead atoms. The second-order valence-corrected chi connectivity index (χ2v) is 4.77. The van der Waals surface area contributed by atoms with Gasteiger partial charge in [0.1, 0.15) is 5.56 Å². The van der Waals surface area contributed by atoms with Crippen LogP contribution in [0, 0.1) is 0 Å². The molecule has 0 atom stereocenters. The number of hydrogen-bond acceptors (Lipinski definition) is 5. The Morgan fingerprint density at radius 1 is 1.33 bits per heavy atom. The molecule has 1 heterocycles. The van der Waals surface area contributed by atoms with E-state index in [0.29, 0.717) is 25.2 Å². The van der Waals surface area contributed by atoms with E-state index in [1.165, 1.54) is 0 Å². The van der Waals surface area contributed by atoms with Crippen LogP contribution in [0.5, 0.6) is 0 Å². The molecule has 1 rings (SSSR count). The number of nitrogens with one attached hydrogen (secondary N) is 1. The molecule has 6 heteroatoms. The van der Waals surface area contributed by atoms with Crippen molar-refractivity contribution in [3.63, 3.8) is 0 Å². The second kappa shape index (κ2) is 7.20. The van der Waals surface area contributed by atoms with Crippen molar-refractivity contribution in [2.45, 2.75) is 26.7 Å². The molecular formula is C12H19N3O2S. The largest absolute Gasteiger partial charge is 0.478 e. The standard InChI is InChI=1S/C12H19N3O2S/c1-4-8-9(5-2)14-15-11(10(8)12(16)17)13-6-7-18-3/h4-7H2,1-3H3,(H,13,15)(H,16,17). The van der Waals surface area contributed by atoms with E-state index < -0.39 is 5.97 Å². The van der Waals surface area contributed by atoms with Crippen molar-refractivity contribution in [2.24, 2.45) is 0 Å². The highest BCUT2D eigenvalue weighted by atomic mass is 32.2. The van der Waals surface area contributed by atoms with Gasteiger partial charge in [-0.3, -0.25) is 0 Å². The molecule has 0 aliphatic carbocycles. The molecule has 5 nitrogen and oxygen atoms in total. The van der Waals surface area contributed by atoms with Gasteiger partial charge >= 0.3 is 5.97 Å². The number of rotatable bonds is 7. The maximum absolute atomic E-state index is 11.4. The van der Waals surface area contributed by atoms with Crippen molar-refractivity contribution in [3.05, 3.63) is 16.8 Å². The Labute approximate surface area is 111 Å². The van der Waals surface area contributed by atoms with Gasteiger partial charge in [0.05, 0.1) is 5.69 Å². The van der Waals surface area contributed by atoms with Crippen LogP contribution in [0.25, 0.3) is 0 Å². The van der Waals surface area contributed by atoms with E-state index in [1.54, 1.807) is 11.8 Å². The zero-order valence-electron chi connectivity index (χ0n) is 11.0. The van der Waals surface area contributed by atoms with E-state index in [9.17, 15) is 9.90 Å². The lowest BCUT2D eigenvalue weighted by Crippen LogP contribution is -2.16. The lowest BCUT2D eigenvalue weighted by Gasteiger charge is -2.13. The summed E-state index contributed by atoms with van der Waals surface area (Å²) in [5, 5.41) is 20.5. The third kappa shape index (κ3) is 3.35. The zero-order valence-corrected chi connectivity index (χ0v) is 11.8. The third-order valence-corrected chi connectivity index (χ3v) is 3.27. The van der Waals surface area contributed by atoms with Gasteiger partial charge < -0.3 is 10.4 Å². The van der Waals surface area contributed by atoms with Crippen LogP contribution in [-0.2, 0) is 12.8 Å². The number of carboxylic acid groups (broad SMARTS) is 1. The summed E-state index contributed by atoms with van der Waals surface area (Å²) < 4.78 is 0. The van der Waals surface area contributed by atoms with E-state index in [0.717, 1.165) is 17.0 Å². The summed E-state index contributed by atoms with van der Waals surface area (Å²) in [4.78, 5) is 11.4. The quantitative estimate of drug-likeness (QED) is 0.738. The molecule has 0 fully saturated rings. The molecule has 0 unspecified atom stereocenters. The smallest absolute Gasteiger partial charge is 0.339 e. The van der Waals surface area contributed by atoms with Gasteiger partial charge in [0, 0.05) is 12.3 Å². The lowest BCUT2D eigenvalue weighted by molar-refractivity contribution is 0.0696. The number of carboxylic acids is 1. The van der Waals surface area contributed by atoms with Crippen LogP contribution in [0.2, 0.25) is 0 Å². The number of hydrogen-bond donors (Lipinski definition) is 2. The summed E-state index contributed by atoms with van der Waals surface area (Å²) in [5.74, 6) is 0.339. The van der Waals surface area contributed by atoms with Crippen molar-refractivity contribution in [3.8, 4) is 0 Å². The summed E-state index contributed by atoms with van der Waals surface area (Å²) in [5.41, 5.74) is 1.82. The highest BCUT2D eigenvalue weighted by Crippen LogP contribution is 2.20. The summed E-state index contributed by atoms with van der Waals surface area (Å²) in [6.45, 7) is 4.58. The van der Waals surface area contributed by atoms with Crippen molar-refractivity contribution < 1.29 is 9.90 Å². The van der Waals surface area contributed by atoms with E-state index >= 15 is 0 Å². The van der Waals surface area contributed by atoms with Gasteiger partial charge in [-0.25, -0.2) is 4.79 Å². The van der Waals surface area contributed by atoms with Gasteiger partial charge in [0.15, 0.2) is 5.82 Å². The maximum Gasteiger partial charge on any atom is 0.339 e. The third-order valence-electron chi connectivity index (χ3n) is 2.66. The molecule has 18 heavy (non-hydrogen) atoms. The molecule has 0 radical (unpaired) electrons. The fraction of sp³-hybridized carbons (Fsp3) is 0.583. The molecule has 2 N–H and O–H groups in total. The number of aromatic nitrogens is 2. The normalized spacial score (nSPS) is 10.4. The number of carbonyl (C=O) groups is 1. The van der Waals surface area contributed by atoms with E-state index in [1.807, 2.05) is 20.1 Å². The Hall–Kier alpha value is -1.30. The fourth-order valence-corrected chi connectivity index (χ4v) is 2.10. The first-order valence-corrected chi connectivity index (χ1v) is 7.39. The Balaban J connectivity index is 3.13. The van der Waals surface area contributed by atoms with Gasteiger partial charge in [-0.05, 0) is 24.7 Å². The Morgan fingerprint density at radius 3 is 2.56 bits per heavy atom. The van der Waals surface area contributed by atoms with E-state index in [2.05, 4.69) is 15.5 Å². The Morgan fingerprint density at radius 2 is 2.06 bits per heavy atom. The van der Waals surface area contributed by atoms with E-state index in [4.69, 9.17) is 0 Å². The molecule has 0 saturated carbocycles. The van der Waals surface area contributed by atoms with Gasteiger partial charge in [-0.15, -0.1) is 5.10 Å². The number of anilines is 1. The molecule has 0 aromatic carbocycles. The molecular weight excluding hydrogens is 250 g/mol. The van der Waals surface area contributed by atoms with Crippen LogP contribution >= 0.6 is 11.8 Å². The minimum atomic E-state index is -0.942. The fourth-order valence-electron chi connectivity index (χ4n) is 1.80. The predicted octanol–water partition coefficient (Wildman–Crippen LogP) is 2.07. The van der Waals surface area contributed by atoms with Gasteiger partial charge in [-0.2, -0.15) is 16.9 Å². The van der Waals surface area contributed by atoms with Gasteiger partial charge in [0.25, 0.3) is 0 Å². The molecule has 0 aliphatic rings. The average Bonchev–Trinajstić information content (AvgIpc) is 2.37. The van der Waals surface area contributed by atoms with Crippen LogP contribution in [-0.4, -0.2) is 39.8 Å². The Kier molecular flexibility index (Phi) is 5.91. The average molecular weight is 269 g/mol. The zero-order chi connectivity index (χ0) is 13.5. The number of aromatic carboxylic acids is 1. The monoisotopic (exact) mass is 269 g/mol. The summed E-state index contributed by atoms with van der Waals surface area (Å²) in [7, 11) is 0. The number of nitrogens with zero attached hydrogens (tertiary/aromatic N) is 2. The molecule has 1 aromatic rings. The second-order valence-electron chi connectivity index (χ2n) is 3.78. The first-order valence-electron chi connectivity index (χ1n) is 6.00. The first kappa shape index (κ1) is 14.8. The molecule has 0 spiro atoms. The van der Waals surface area contributed by atoms with Crippen molar-refractivity contribution in [1.29, 1.82) is 0 Å². The van der Waals surface area contributed by atoms with Crippen LogP contribution in [0.1, 0.15) is 35.5 Å². The lowest BCUT2D eigenvalue weighted by atomic mass is 10.0. The summed E-state index contributed by atoms with van der Waals surface area (Å²) in [6.07, 6.45) is 3.35. The van der Waals surface area contributed by atoms with Gasteiger partial charge in [-0.1, -0.05) is 13.8 Å². The topological polar surface area (TPSA) is 75.1 Å². The van der Waals surface area contributed by atoms with Crippen molar-refractivity contribution in [2.75, 3.05) is 23.9 Å². The number of aryl methyl sites for hydroxylation is 1. The van der Waals surface area contributed by atoms with Crippen molar-refractivity contribution in [1.82, 2.24) is 10.2 Å². The first-order chi connectivity index (χ1) is 8.65. The minimum Gasteiger partial charge on any atom is -0.478 e. The van der Waals surface area contributed by atoms with Crippen LogP contribution in [0.3, 0.4) is 0 Å². The molecule has 0 aliphatic heterocycles. The maximum atomic E-state index is 11.4. The summed E-state index contributed by atoms with van der Waals surface area (Å²) in [6, 6.07) is 0. The highest BCUT2D eigenvalue weighted by molar-refractivity contribution is 7.98. The van der Waals surface area contributed by atoms with Gasteiger partial charge in [0.2, 0.25) is 0 Å². The minimum absolute atomic E-state index is 0.269. The van der Waals surface area contributed by atoms with E-state index in [-0.39, 0.29) is 5.56 Å². The molecule has 0 saturated heterocycles. The van der Waals surface area contributed by atoms with Crippen molar-refractivity contribution >= 4 is 23.5 Å². The Bertz CT molecular complexity index is 424. The molecule has 0 amide bonds. The van der Waals surface area contributed by atoms with Crippen LogP contribution < -0.4 is 5.32 Å². The number of thioether (sulfide) groups is 1.